The van der Waals surface area contributed by atoms with Gasteiger partial charge in [-0.1, -0.05) is 9.95 Å². The quantitative estimate of drug-likeness (QED) is 0.712. The van der Waals surface area contributed by atoms with Gasteiger partial charge in [-0.15, -0.1) is 0 Å². The van der Waals surface area contributed by atoms with E-state index >= 15 is 0 Å². The molecule has 0 bridgehead atoms. The number of aromatic nitrogens is 1. The Morgan fingerprint density at radius 1 is 1.50 bits per heavy atom. The minimum Gasteiger partial charge on any atom is -0.260 e. The molecule has 0 saturated heterocycles. The van der Waals surface area contributed by atoms with E-state index in [9.17, 15) is 12.3 Å². The van der Waals surface area contributed by atoms with Crippen LogP contribution in [-0.2, 0) is 17.0 Å². The summed E-state index contributed by atoms with van der Waals surface area (Å²) >= 11 is 0. The largest absolute Gasteiger partial charge is 0.374 e. The SMILES string of the molecule is Cc1ccc(CN(C)S(=O)(=O)F)nc1. The van der Waals surface area contributed by atoms with Gasteiger partial charge in [0.15, 0.2) is 0 Å². The van der Waals surface area contributed by atoms with E-state index in [1.165, 1.54) is 0 Å². The van der Waals surface area contributed by atoms with Crippen molar-refractivity contribution in [3.63, 3.8) is 0 Å². The topological polar surface area (TPSA) is 50.3 Å². The summed E-state index contributed by atoms with van der Waals surface area (Å²) in [5, 5.41) is 0. The number of aryl methyl sites for hydroxylation is 1. The van der Waals surface area contributed by atoms with E-state index in [1.807, 2.05) is 6.92 Å². The first kappa shape index (κ1) is 11.1. The van der Waals surface area contributed by atoms with E-state index in [4.69, 9.17) is 0 Å². The maximum absolute atomic E-state index is 12.4. The molecular formula is C8H11FN2O2S. The van der Waals surface area contributed by atoms with Gasteiger partial charge >= 0.3 is 10.4 Å². The van der Waals surface area contributed by atoms with Gasteiger partial charge in [0, 0.05) is 13.2 Å². The molecule has 0 N–H and O–H groups in total. The highest BCUT2D eigenvalue weighted by Crippen LogP contribution is 2.06. The van der Waals surface area contributed by atoms with Gasteiger partial charge in [0.1, 0.15) is 0 Å². The molecule has 0 aliphatic heterocycles. The zero-order valence-electron chi connectivity index (χ0n) is 7.94. The lowest BCUT2D eigenvalue weighted by molar-refractivity contribution is 0.426. The van der Waals surface area contributed by atoms with E-state index in [-0.39, 0.29) is 6.54 Å². The van der Waals surface area contributed by atoms with Gasteiger partial charge in [-0.2, -0.15) is 12.7 Å². The fourth-order valence-corrected chi connectivity index (χ4v) is 1.18. The summed E-state index contributed by atoms with van der Waals surface area (Å²) in [5.41, 5.74) is 1.49. The first-order valence-electron chi connectivity index (χ1n) is 3.97. The fourth-order valence-electron chi connectivity index (χ4n) is 0.897. The third-order valence-electron chi connectivity index (χ3n) is 1.73. The number of hydrogen-bond donors (Lipinski definition) is 0. The third-order valence-corrected chi connectivity index (χ3v) is 2.60. The van der Waals surface area contributed by atoms with Gasteiger partial charge in [-0.25, -0.2) is 0 Å². The number of nitrogens with zero attached hydrogens (tertiary/aromatic N) is 2. The smallest absolute Gasteiger partial charge is 0.260 e. The second-order valence-corrected chi connectivity index (χ2v) is 4.47. The lowest BCUT2D eigenvalue weighted by Gasteiger charge is -2.09. The van der Waals surface area contributed by atoms with Crippen LogP contribution >= 0.6 is 0 Å². The molecule has 0 radical (unpaired) electrons. The van der Waals surface area contributed by atoms with Crippen molar-refractivity contribution >= 4 is 10.4 Å². The number of halogens is 1. The second-order valence-electron chi connectivity index (χ2n) is 3.03. The molecule has 0 aromatic carbocycles. The Hall–Kier alpha value is -1.01. The van der Waals surface area contributed by atoms with Crippen molar-refractivity contribution in [1.29, 1.82) is 0 Å². The molecule has 78 valence electrons. The summed E-state index contributed by atoms with van der Waals surface area (Å²) in [6.07, 6.45) is 1.61. The van der Waals surface area contributed by atoms with Crippen molar-refractivity contribution in [2.75, 3.05) is 7.05 Å². The molecule has 0 unspecified atom stereocenters. The summed E-state index contributed by atoms with van der Waals surface area (Å²) in [4.78, 5) is 3.96. The highest BCUT2D eigenvalue weighted by molar-refractivity contribution is 7.83. The molecule has 0 amide bonds. The molecule has 1 rings (SSSR count). The van der Waals surface area contributed by atoms with Crippen molar-refractivity contribution in [2.45, 2.75) is 13.5 Å². The van der Waals surface area contributed by atoms with Gasteiger partial charge < -0.3 is 0 Å². The van der Waals surface area contributed by atoms with Crippen LogP contribution in [0.1, 0.15) is 11.3 Å². The van der Waals surface area contributed by atoms with Gasteiger partial charge in [0.25, 0.3) is 0 Å². The highest BCUT2D eigenvalue weighted by atomic mass is 32.3. The maximum Gasteiger partial charge on any atom is 0.374 e. The molecular weight excluding hydrogens is 207 g/mol. The molecule has 1 aromatic rings. The van der Waals surface area contributed by atoms with Crippen molar-refractivity contribution < 1.29 is 12.3 Å². The monoisotopic (exact) mass is 218 g/mol. The molecule has 1 heterocycles. The molecule has 0 fully saturated rings. The summed E-state index contributed by atoms with van der Waals surface area (Å²) in [5.74, 6) is 0. The molecule has 0 spiro atoms. The highest BCUT2D eigenvalue weighted by Gasteiger charge is 2.15. The van der Waals surface area contributed by atoms with Crippen LogP contribution in [0.3, 0.4) is 0 Å². The molecule has 6 heteroatoms. The predicted molar refractivity (Wildman–Crippen MR) is 50.5 cm³/mol. The van der Waals surface area contributed by atoms with Crippen molar-refractivity contribution in [2.24, 2.45) is 0 Å². The lowest BCUT2D eigenvalue weighted by Crippen LogP contribution is -2.22. The van der Waals surface area contributed by atoms with Crippen molar-refractivity contribution in [1.82, 2.24) is 9.29 Å². The Kier molecular flexibility index (Phi) is 3.17. The van der Waals surface area contributed by atoms with E-state index in [0.717, 1.165) is 12.6 Å². The standard InChI is InChI=1S/C8H11FN2O2S/c1-7-3-4-8(10-5-7)6-11(2)14(9,12)13/h3-5H,6H2,1-2H3. The normalized spacial score (nSPS) is 12.0. The number of rotatable bonds is 3. The Morgan fingerprint density at radius 2 is 2.14 bits per heavy atom. The van der Waals surface area contributed by atoms with Crippen LogP contribution in [0, 0.1) is 6.92 Å². The van der Waals surface area contributed by atoms with Crippen LogP contribution in [0.4, 0.5) is 3.89 Å². The summed E-state index contributed by atoms with van der Waals surface area (Å²) in [6, 6.07) is 3.46. The van der Waals surface area contributed by atoms with E-state index in [0.29, 0.717) is 10.00 Å². The van der Waals surface area contributed by atoms with Crippen molar-refractivity contribution in [3.05, 3.63) is 29.6 Å². The molecule has 1 aromatic heterocycles. The molecule has 0 aliphatic carbocycles. The van der Waals surface area contributed by atoms with Gasteiger partial charge in [-0.05, 0) is 18.6 Å². The summed E-state index contributed by atoms with van der Waals surface area (Å²) < 4.78 is 33.9. The first-order valence-corrected chi connectivity index (χ1v) is 5.31. The average molecular weight is 218 g/mol. The maximum atomic E-state index is 12.4. The first-order chi connectivity index (χ1) is 6.39. The molecule has 0 aliphatic rings. The zero-order chi connectivity index (χ0) is 10.8. The van der Waals surface area contributed by atoms with Crippen LogP contribution in [-0.4, -0.2) is 24.8 Å². The van der Waals surface area contributed by atoms with Gasteiger partial charge in [0.05, 0.1) is 12.2 Å². The van der Waals surface area contributed by atoms with Crippen LogP contribution < -0.4 is 0 Å². The molecule has 0 atom stereocenters. The van der Waals surface area contributed by atoms with Gasteiger partial charge in [0.2, 0.25) is 0 Å². The molecule has 0 saturated carbocycles. The van der Waals surface area contributed by atoms with E-state index in [1.54, 1.807) is 18.3 Å². The third kappa shape index (κ3) is 3.04. The Bertz CT molecular complexity index is 402. The Morgan fingerprint density at radius 3 is 2.57 bits per heavy atom. The Balaban J connectivity index is 2.75. The van der Waals surface area contributed by atoms with Crippen LogP contribution in [0.15, 0.2) is 18.3 Å². The van der Waals surface area contributed by atoms with E-state index < -0.39 is 10.4 Å². The number of hydrogen-bond acceptors (Lipinski definition) is 3. The summed E-state index contributed by atoms with van der Waals surface area (Å²) in [7, 11) is -3.45. The van der Waals surface area contributed by atoms with E-state index in [2.05, 4.69) is 4.98 Å². The average Bonchev–Trinajstić information content (AvgIpc) is 2.07. The zero-order valence-corrected chi connectivity index (χ0v) is 8.75. The summed E-state index contributed by atoms with van der Waals surface area (Å²) in [6.45, 7) is 1.81. The molecule has 4 nitrogen and oxygen atoms in total. The van der Waals surface area contributed by atoms with Crippen LogP contribution in [0.5, 0.6) is 0 Å². The lowest BCUT2D eigenvalue weighted by atomic mass is 10.3. The number of pyridine rings is 1. The Labute approximate surface area is 82.7 Å². The van der Waals surface area contributed by atoms with Crippen molar-refractivity contribution in [3.8, 4) is 0 Å². The minimum absolute atomic E-state index is 0.0564. The van der Waals surface area contributed by atoms with Crippen LogP contribution in [0.25, 0.3) is 0 Å². The predicted octanol–water partition coefficient (Wildman–Crippen LogP) is 1.04. The van der Waals surface area contributed by atoms with Gasteiger partial charge in [-0.3, -0.25) is 4.98 Å². The second kappa shape index (κ2) is 4.02. The molecule has 14 heavy (non-hydrogen) atoms. The van der Waals surface area contributed by atoms with Crippen LogP contribution in [0.2, 0.25) is 0 Å². The minimum atomic E-state index is -4.62. The fraction of sp³-hybridized carbons (Fsp3) is 0.375.